The zero-order chi connectivity index (χ0) is 17.6. The quantitative estimate of drug-likeness (QED) is 0.460. The number of para-hydroxylation sites is 1. The van der Waals surface area contributed by atoms with Gasteiger partial charge in [0, 0.05) is 39.5 Å². The lowest BCUT2D eigenvalue weighted by Crippen LogP contribution is -2.12. The largest absolute Gasteiger partial charge is 0.524 e. The van der Waals surface area contributed by atoms with E-state index >= 15 is 0 Å². The van der Waals surface area contributed by atoms with Gasteiger partial charge in [0.25, 0.3) is 0 Å². The van der Waals surface area contributed by atoms with E-state index in [0.29, 0.717) is 16.8 Å². The molecule has 7 nitrogen and oxygen atoms in total. The lowest BCUT2D eigenvalue weighted by Gasteiger charge is -2.08. The van der Waals surface area contributed by atoms with Gasteiger partial charge < -0.3 is 19.9 Å². The number of aromatic amines is 1. The molecule has 0 radical (unpaired) electrons. The van der Waals surface area contributed by atoms with Crippen molar-refractivity contribution in [1.82, 2.24) is 4.98 Å². The zero-order valence-corrected chi connectivity index (χ0v) is 13.8. The first-order valence-corrected chi connectivity index (χ1v) is 9.06. The van der Waals surface area contributed by atoms with Crippen molar-refractivity contribution in [3.8, 4) is 5.75 Å². The third-order valence-electron chi connectivity index (χ3n) is 4.05. The highest BCUT2D eigenvalue weighted by atomic mass is 31.2. The van der Waals surface area contributed by atoms with E-state index in [1.807, 2.05) is 36.5 Å². The van der Waals surface area contributed by atoms with Crippen LogP contribution in [0.4, 0.5) is 5.69 Å². The predicted molar refractivity (Wildman–Crippen MR) is 94.9 cm³/mol. The van der Waals surface area contributed by atoms with Gasteiger partial charge in [0.15, 0.2) is 6.23 Å². The van der Waals surface area contributed by atoms with Gasteiger partial charge in [-0.05, 0) is 30.3 Å². The Kier molecular flexibility index (Phi) is 3.67. The SMILES string of the molecule is O=P(O)(O)Oc1ccc2c(c1)C(=Cc1c[nH]c3ccccc13)C(O)N2. The summed E-state index contributed by atoms with van der Waals surface area (Å²) in [5.74, 6) is 0.0350. The standard InChI is InChI=1S/C17H15N2O5P/c20-17-14(7-10-9-18-15-4-2-1-3-12(10)15)13-8-11(24-25(21,22)23)5-6-16(13)19-17/h1-9,17-20H,(H2,21,22,23). The second-order valence-electron chi connectivity index (χ2n) is 5.73. The van der Waals surface area contributed by atoms with Crippen molar-refractivity contribution < 1.29 is 24.0 Å². The van der Waals surface area contributed by atoms with Crippen LogP contribution >= 0.6 is 7.82 Å². The number of aromatic nitrogens is 1. The normalized spacial score (nSPS) is 18.4. The molecule has 0 bridgehead atoms. The van der Waals surface area contributed by atoms with Crippen molar-refractivity contribution in [2.24, 2.45) is 0 Å². The van der Waals surface area contributed by atoms with Gasteiger partial charge in [-0.2, -0.15) is 0 Å². The summed E-state index contributed by atoms with van der Waals surface area (Å²) in [4.78, 5) is 21.1. The average Bonchev–Trinajstić information content (AvgIpc) is 3.08. The van der Waals surface area contributed by atoms with Crippen LogP contribution in [0.5, 0.6) is 5.75 Å². The number of benzene rings is 2. The Morgan fingerprint density at radius 2 is 1.96 bits per heavy atom. The van der Waals surface area contributed by atoms with E-state index in [4.69, 9.17) is 9.79 Å². The molecule has 1 atom stereocenters. The third-order valence-corrected chi connectivity index (χ3v) is 4.49. The molecule has 2 heterocycles. The number of rotatable bonds is 3. The zero-order valence-electron chi connectivity index (χ0n) is 12.9. The number of phosphoric acid groups is 1. The Labute approximate surface area is 142 Å². The predicted octanol–water partition coefficient (Wildman–Crippen LogP) is 2.92. The van der Waals surface area contributed by atoms with Gasteiger partial charge >= 0.3 is 7.82 Å². The Balaban J connectivity index is 1.79. The molecule has 128 valence electrons. The number of hydrogen-bond acceptors (Lipinski definition) is 4. The van der Waals surface area contributed by atoms with E-state index in [9.17, 15) is 9.67 Å². The summed E-state index contributed by atoms with van der Waals surface area (Å²) in [7, 11) is -4.64. The first kappa shape index (κ1) is 15.9. The highest BCUT2D eigenvalue weighted by Crippen LogP contribution is 2.42. The van der Waals surface area contributed by atoms with Gasteiger partial charge in [-0.25, -0.2) is 4.57 Å². The smallest absolute Gasteiger partial charge is 0.404 e. The molecule has 0 fully saturated rings. The van der Waals surface area contributed by atoms with Crippen LogP contribution < -0.4 is 9.84 Å². The molecular weight excluding hydrogens is 343 g/mol. The van der Waals surface area contributed by atoms with E-state index in [1.54, 1.807) is 6.07 Å². The molecule has 0 amide bonds. The minimum atomic E-state index is -4.64. The highest BCUT2D eigenvalue weighted by molar-refractivity contribution is 7.46. The van der Waals surface area contributed by atoms with Crippen molar-refractivity contribution in [1.29, 1.82) is 0 Å². The molecule has 0 saturated carbocycles. The topological polar surface area (TPSA) is 115 Å². The highest BCUT2D eigenvalue weighted by Gasteiger charge is 2.26. The Morgan fingerprint density at radius 1 is 1.16 bits per heavy atom. The summed E-state index contributed by atoms with van der Waals surface area (Å²) in [6.45, 7) is 0. The van der Waals surface area contributed by atoms with Gasteiger partial charge in [-0.15, -0.1) is 0 Å². The maximum absolute atomic E-state index is 11.0. The summed E-state index contributed by atoms with van der Waals surface area (Å²) in [6, 6.07) is 12.3. The van der Waals surface area contributed by atoms with Crippen LogP contribution in [-0.2, 0) is 4.57 Å². The van der Waals surface area contributed by atoms with Gasteiger partial charge in [0.05, 0.1) is 0 Å². The molecule has 1 aromatic heterocycles. The number of H-pyrrole nitrogens is 1. The van der Waals surface area contributed by atoms with Crippen LogP contribution in [0.1, 0.15) is 11.1 Å². The fraction of sp³-hybridized carbons (Fsp3) is 0.0588. The van der Waals surface area contributed by atoms with Crippen molar-refractivity contribution in [3.63, 3.8) is 0 Å². The molecule has 25 heavy (non-hydrogen) atoms. The summed E-state index contributed by atoms with van der Waals surface area (Å²) >= 11 is 0. The molecule has 0 spiro atoms. The number of nitrogens with one attached hydrogen (secondary N) is 2. The molecule has 0 saturated heterocycles. The molecule has 1 aliphatic heterocycles. The van der Waals surface area contributed by atoms with Gasteiger partial charge in [0.1, 0.15) is 5.75 Å². The molecule has 1 aliphatic rings. The maximum Gasteiger partial charge on any atom is 0.524 e. The number of phosphoric ester groups is 1. The molecule has 2 aromatic carbocycles. The third kappa shape index (κ3) is 3.06. The molecular formula is C17H15N2O5P. The number of aliphatic hydroxyl groups excluding tert-OH is 1. The molecule has 1 unspecified atom stereocenters. The van der Waals surface area contributed by atoms with Crippen LogP contribution in [0, 0.1) is 0 Å². The Hall–Kier alpha value is -2.57. The Morgan fingerprint density at radius 3 is 2.76 bits per heavy atom. The average molecular weight is 358 g/mol. The monoisotopic (exact) mass is 358 g/mol. The minimum Gasteiger partial charge on any atom is -0.404 e. The van der Waals surface area contributed by atoms with E-state index in [1.165, 1.54) is 12.1 Å². The van der Waals surface area contributed by atoms with Crippen LogP contribution in [-0.4, -0.2) is 26.1 Å². The summed E-state index contributed by atoms with van der Waals surface area (Å²) in [5.41, 5.74) is 3.77. The second kappa shape index (κ2) is 5.75. The molecule has 4 rings (SSSR count). The van der Waals surface area contributed by atoms with Gasteiger partial charge in [-0.1, -0.05) is 18.2 Å². The van der Waals surface area contributed by atoms with E-state index in [0.717, 1.165) is 16.5 Å². The van der Waals surface area contributed by atoms with Crippen LogP contribution in [0.3, 0.4) is 0 Å². The van der Waals surface area contributed by atoms with E-state index in [-0.39, 0.29) is 5.75 Å². The van der Waals surface area contributed by atoms with Crippen molar-refractivity contribution in [2.45, 2.75) is 6.23 Å². The molecule has 5 N–H and O–H groups in total. The second-order valence-corrected chi connectivity index (χ2v) is 6.89. The number of aliphatic hydroxyl groups is 1. The van der Waals surface area contributed by atoms with Gasteiger partial charge in [-0.3, -0.25) is 9.79 Å². The van der Waals surface area contributed by atoms with Crippen LogP contribution in [0.2, 0.25) is 0 Å². The summed E-state index contributed by atoms with van der Waals surface area (Å²) in [5, 5.41) is 14.3. The minimum absolute atomic E-state index is 0.0350. The number of anilines is 1. The lowest BCUT2D eigenvalue weighted by atomic mass is 10.0. The summed E-state index contributed by atoms with van der Waals surface area (Å²) in [6.07, 6.45) is 2.76. The van der Waals surface area contributed by atoms with Crippen molar-refractivity contribution in [2.75, 3.05) is 5.32 Å². The van der Waals surface area contributed by atoms with Crippen LogP contribution in [0.15, 0.2) is 48.7 Å². The first-order valence-electron chi connectivity index (χ1n) is 7.52. The van der Waals surface area contributed by atoms with Gasteiger partial charge in [0.2, 0.25) is 0 Å². The maximum atomic E-state index is 11.0. The van der Waals surface area contributed by atoms with E-state index in [2.05, 4.69) is 14.8 Å². The van der Waals surface area contributed by atoms with Crippen LogP contribution in [0.25, 0.3) is 22.6 Å². The Bertz CT molecular complexity index is 1040. The molecule has 8 heteroatoms. The lowest BCUT2D eigenvalue weighted by molar-refractivity contribution is 0.266. The number of fused-ring (bicyclic) bond motifs is 2. The first-order chi connectivity index (χ1) is 11.9. The van der Waals surface area contributed by atoms with Crippen molar-refractivity contribution >= 4 is 36.1 Å². The fourth-order valence-electron chi connectivity index (χ4n) is 2.99. The van der Waals surface area contributed by atoms with Crippen molar-refractivity contribution in [3.05, 3.63) is 59.8 Å². The summed E-state index contributed by atoms with van der Waals surface area (Å²) < 4.78 is 15.7. The van der Waals surface area contributed by atoms with E-state index < -0.39 is 14.1 Å². The molecule has 0 aliphatic carbocycles. The fourth-order valence-corrected chi connectivity index (χ4v) is 3.38. The molecule has 3 aromatic rings. The number of hydrogen-bond donors (Lipinski definition) is 5.